The van der Waals surface area contributed by atoms with Gasteiger partial charge in [-0.15, -0.1) is 0 Å². The average Bonchev–Trinajstić information content (AvgIpc) is 2.90. The quantitative estimate of drug-likeness (QED) is 0.661. The molecular weight excluding hydrogens is 328 g/mol. The molecule has 5 nitrogen and oxygen atoms in total. The van der Waals surface area contributed by atoms with Crippen LogP contribution in [0.1, 0.15) is 11.1 Å². The van der Waals surface area contributed by atoms with Crippen LogP contribution in [0, 0.1) is 0 Å². The fraction of sp³-hybridized carbons (Fsp3) is 0.278. The summed E-state index contributed by atoms with van der Waals surface area (Å²) >= 11 is 6.09. The smallest absolute Gasteiger partial charge is 0.163 e. The molecule has 124 valence electrons. The lowest BCUT2D eigenvalue weighted by Gasteiger charge is -2.29. The number of nitrogens with zero attached hydrogens (tertiary/aromatic N) is 1. The van der Waals surface area contributed by atoms with Gasteiger partial charge in [0.2, 0.25) is 0 Å². The van der Waals surface area contributed by atoms with E-state index >= 15 is 0 Å². The van der Waals surface area contributed by atoms with Gasteiger partial charge >= 0.3 is 0 Å². The molecule has 0 bridgehead atoms. The monoisotopic (exact) mass is 344 g/mol. The van der Waals surface area contributed by atoms with Crippen molar-refractivity contribution in [3.05, 3.63) is 58.6 Å². The number of benzene rings is 2. The van der Waals surface area contributed by atoms with Gasteiger partial charge in [0.25, 0.3) is 0 Å². The Labute approximate surface area is 144 Å². The molecule has 1 unspecified atom stereocenters. The minimum Gasteiger partial charge on any atom is -0.484 e. The Morgan fingerprint density at radius 2 is 1.92 bits per heavy atom. The fourth-order valence-corrected chi connectivity index (χ4v) is 3.15. The van der Waals surface area contributed by atoms with Crippen molar-refractivity contribution >= 4 is 17.3 Å². The van der Waals surface area contributed by atoms with E-state index in [-0.39, 0.29) is 12.2 Å². The molecule has 0 spiro atoms. The van der Waals surface area contributed by atoms with Crippen molar-refractivity contribution in [2.75, 3.05) is 13.1 Å². The standard InChI is InChI=1S/C18H17ClN2O3/c19-12-5-6-15(16(8-12)23-13-9-20-10-13)24-17-7-11-3-1-2-4-14(11)18(17)21-22/h1-6,8,13,17,20,22H,7,9-10H2/b21-18-. The second-order valence-corrected chi connectivity index (χ2v) is 6.38. The number of rotatable bonds is 4. The summed E-state index contributed by atoms with van der Waals surface area (Å²) in [5, 5.41) is 16.6. The van der Waals surface area contributed by atoms with Gasteiger partial charge in [-0.05, 0) is 17.7 Å². The van der Waals surface area contributed by atoms with Crippen LogP contribution >= 0.6 is 11.6 Å². The lowest BCUT2D eigenvalue weighted by Crippen LogP contribution is -2.50. The Hall–Kier alpha value is -2.24. The molecule has 1 atom stereocenters. The molecule has 0 saturated carbocycles. The number of hydrogen-bond donors (Lipinski definition) is 2. The maximum Gasteiger partial charge on any atom is 0.163 e. The van der Waals surface area contributed by atoms with Gasteiger partial charge in [0.05, 0.1) is 0 Å². The zero-order valence-corrected chi connectivity index (χ0v) is 13.7. The highest BCUT2D eigenvalue weighted by atomic mass is 35.5. The lowest BCUT2D eigenvalue weighted by atomic mass is 10.1. The van der Waals surface area contributed by atoms with E-state index in [1.165, 1.54) is 0 Å². The molecule has 2 N–H and O–H groups in total. The summed E-state index contributed by atoms with van der Waals surface area (Å²) in [4.78, 5) is 0. The topological polar surface area (TPSA) is 63.1 Å². The molecule has 1 fully saturated rings. The molecule has 1 heterocycles. The van der Waals surface area contributed by atoms with Gasteiger partial charge in [-0.1, -0.05) is 41.0 Å². The first kappa shape index (κ1) is 15.3. The molecule has 0 aromatic heterocycles. The van der Waals surface area contributed by atoms with Crippen molar-refractivity contribution in [1.82, 2.24) is 5.32 Å². The van der Waals surface area contributed by atoms with E-state index in [9.17, 15) is 5.21 Å². The lowest BCUT2D eigenvalue weighted by molar-refractivity contribution is 0.133. The van der Waals surface area contributed by atoms with Crippen LogP contribution in [0.3, 0.4) is 0 Å². The van der Waals surface area contributed by atoms with Crippen LogP contribution < -0.4 is 14.8 Å². The number of halogens is 1. The summed E-state index contributed by atoms with van der Waals surface area (Å²) in [6, 6.07) is 13.2. The number of nitrogens with one attached hydrogen (secondary N) is 1. The molecule has 1 aliphatic carbocycles. The first-order chi connectivity index (χ1) is 11.7. The van der Waals surface area contributed by atoms with Gasteiger partial charge < -0.3 is 20.0 Å². The molecule has 0 amide bonds. The maximum absolute atomic E-state index is 9.41. The van der Waals surface area contributed by atoms with Crippen LogP contribution in [0.15, 0.2) is 47.6 Å². The number of ether oxygens (including phenoxy) is 2. The fourth-order valence-electron chi connectivity index (χ4n) is 2.98. The highest BCUT2D eigenvalue weighted by Gasteiger charge is 2.31. The van der Waals surface area contributed by atoms with Gasteiger partial charge in [-0.2, -0.15) is 0 Å². The first-order valence-electron chi connectivity index (χ1n) is 7.88. The van der Waals surface area contributed by atoms with Gasteiger partial charge in [0.1, 0.15) is 17.9 Å². The van der Waals surface area contributed by atoms with Crippen molar-refractivity contribution in [3.63, 3.8) is 0 Å². The highest BCUT2D eigenvalue weighted by molar-refractivity contribution is 6.30. The van der Waals surface area contributed by atoms with Crippen molar-refractivity contribution in [2.24, 2.45) is 5.16 Å². The van der Waals surface area contributed by atoms with Gasteiger partial charge in [-0.3, -0.25) is 0 Å². The summed E-state index contributed by atoms with van der Waals surface area (Å²) in [5.41, 5.74) is 2.57. The molecule has 2 aromatic rings. The zero-order chi connectivity index (χ0) is 16.5. The predicted octanol–water partition coefficient (Wildman–Crippen LogP) is 2.87. The van der Waals surface area contributed by atoms with Crippen LogP contribution in [0.5, 0.6) is 11.5 Å². The minimum absolute atomic E-state index is 0.123. The average molecular weight is 345 g/mol. The molecule has 24 heavy (non-hydrogen) atoms. The SMILES string of the molecule is O/N=C1/c2ccccc2CC1Oc1ccc(Cl)cc1OC1CNC1. The van der Waals surface area contributed by atoms with E-state index in [0.29, 0.717) is 28.7 Å². The largest absolute Gasteiger partial charge is 0.484 e. The Kier molecular flexibility index (Phi) is 4.04. The molecule has 2 aliphatic rings. The Balaban J connectivity index is 1.59. The third kappa shape index (κ3) is 2.81. The van der Waals surface area contributed by atoms with E-state index in [1.54, 1.807) is 18.2 Å². The second-order valence-electron chi connectivity index (χ2n) is 5.94. The number of fused-ring (bicyclic) bond motifs is 1. The predicted molar refractivity (Wildman–Crippen MR) is 91.6 cm³/mol. The molecule has 1 saturated heterocycles. The van der Waals surface area contributed by atoms with E-state index in [4.69, 9.17) is 21.1 Å². The minimum atomic E-state index is -0.351. The summed E-state index contributed by atoms with van der Waals surface area (Å²) in [6.45, 7) is 1.62. The van der Waals surface area contributed by atoms with Crippen molar-refractivity contribution in [3.8, 4) is 11.5 Å². The van der Waals surface area contributed by atoms with Gasteiger partial charge in [-0.25, -0.2) is 0 Å². The van der Waals surface area contributed by atoms with Crippen molar-refractivity contribution in [2.45, 2.75) is 18.6 Å². The molecular formula is C18H17ClN2O3. The summed E-state index contributed by atoms with van der Waals surface area (Å²) in [5.74, 6) is 1.22. The first-order valence-corrected chi connectivity index (χ1v) is 8.26. The molecule has 2 aromatic carbocycles. The molecule has 6 heteroatoms. The van der Waals surface area contributed by atoms with Crippen LogP contribution in [0.4, 0.5) is 0 Å². The van der Waals surface area contributed by atoms with E-state index < -0.39 is 0 Å². The Morgan fingerprint density at radius 3 is 2.67 bits per heavy atom. The normalized spacial score (nSPS) is 21.4. The third-order valence-corrected chi connectivity index (χ3v) is 4.56. The van der Waals surface area contributed by atoms with Crippen molar-refractivity contribution in [1.29, 1.82) is 0 Å². The number of hydrogen-bond acceptors (Lipinski definition) is 5. The molecule has 4 rings (SSSR count). The zero-order valence-electron chi connectivity index (χ0n) is 12.9. The summed E-state index contributed by atoms with van der Waals surface area (Å²) < 4.78 is 12.1. The second kappa shape index (κ2) is 6.34. The van der Waals surface area contributed by atoms with Crippen LogP contribution in [0.25, 0.3) is 0 Å². The molecule has 1 aliphatic heterocycles. The summed E-state index contributed by atoms with van der Waals surface area (Å²) in [7, 11) is 0. The van der Waals surface area contributed by atoms with E-state index in [1.807, 2.05) is 24.3 Å². The van der Waals surface area contributed by atoms with Gasteiger partial charge in [0.15, 0.2) is 11.5 Å². The third-order valence-electron chi connectivity index (χ3n) is 4.32. The van der Waals surface area contributed by atoms with Crippen LogP contribution in [-0.4, -0.2) is 36.2 Å². The Bertz CT molecular complexity index is 790. The number of oxime groups is 1. The van der Waals surface area contributed by atoms with E-state index in [0.717, 1.165) is 24.2 Å². The molecule has 0 radical (unpaired) electrons. The maximum atomic E-state index is 9.41. The Morgan fingerprint density at radius 1 is 1.08 bits per heavy atom. The van der Waals surface area contributed by atoms with Crippen LogP contribution in [-0.2, 0) is 6.42 Å². The van der Waals surface area contributed by atoms with E-state index in [2.05, 4.69) is 10.5 Å². The van der Waals surface area contributed by atoms with Gasteiger partial charge in [0, 0.05) is 36.2 Å². The van der Waals surface area contributed by atoms with Crippen LogP contribution in [0.2, 0.25) is 5.02 Å². The highest BCUT2D eigenvalue weighted by Crippen LogP contribution is 2.35. The van der Waals surface area contributed by atoms with Crippen molar-refractivity contribution < 1.29 is 14.7 Å². The summed E-state index contributed by atoms with van der Waals surface area (Å²) in [6.07, 6.45) is 0.427.